The van der Waals surface area contributed by atoms with Crippen molar-refractivity contribution in [2.75, 3.05) is 6.54 Å². The van der Waals surface area contributed by atoms with Gasteiger partial charge in [0.15, 0.2) is 0 Å². The summed E-state index contributed by atoms with van der Waals surface area (Å²) in [5.41, 5.74) is 0.613. The Morgan fingerprint density at radius 3 is 3.00 bits per heavy atom. The predicted octanol–water partition coefficient (Wildman–Crippen LogP) is 1.17. The molecule has 1 aliphatic carbocycles. The fourth-order valence-electron chi connectivity index (χ4n) is 2.85. The predicted molar refractivity (Wildman–Crippen MR) is 77.4 cm³/mol. The van der Waals surface area contributed by atoms with Gasteiger partial charge in [0.25, 0.3) is 5.56 Å². The minimum absolute atomic E-state index is 0.103. The summed E-state index contributed by atoms with van der Waals surface area (Å²) < 4.78 is 0. The molecule has 2 aromatic rings. The molecule has 0 spiro atoms. The fourth-order valence-corrected chi connectivity index (χ4v) is 2.85. The number of hydrogen-bond acceptors (Lipinski definition) is 4. The van der Waals surface area contributed by atoms with Crippen molar-refractivity contribution in [3.8, 4) is 0 Å². The van der Waals surface area contributed by atoms with Gasteiger partial charge in [-0.05, 0) is 30.9 Å². The maximum atomic E-state index is 11.9. The molecule has 0 bridgehead atoms. The highest BCUT2D eigenvalue weighted by Crippen LogP contribution is 2.24. The van der Waals surface area contributed by atoms with E-state index in [1.165, 1.54) is 0 Å². The number of H-pyrrole nitrogens is 1. The smallest absolute Gasteiger partial charge is 0.258 e. The maximum absolute atomic E-state index is 11.9. The van der Waals surface area contributed by atoms with E-state index in [1.54, 1.807) is 6.07 Å². The van der Waals surface area contributed by atoms with E-state index in [4.69, 9.17) is 0 Å². The molecule has 1 aromatic heterocycles. The zero-order chi connectivity index (χ0) is 13.9. The first kappa shape index (κ1) is 13.3. The summed E-state index contributed by atoms with van der Waals surface area (Å²) in [5.74, 6) is 0.961. The Balaban J connectivity index is 1.67. The molecule has 0 saturated heterocycles. The molecule has 2 atom stereocenters. The average molecular weight is 273 g/mol. The van der Waals surface area contributed by atoms with Crippen LogP contribution in [0.2, 0.25) is 0 Å². The van der Waals surface area contributed by atoms with Crippen molar-refractivity contribution in [1.82, 2.24) is 15.3 Å². The van der Waals surface area contributed by atoms with Crippen LogP contribution in [0.25, 0.3) is 10.9 Å². The van der Waals surface area contributed by atoms with Crippen LogP contribution in [-0.2, 0) is 6.54 Å². The number of aliphatic hydroxyl groups excluding tert-OH is 1. The highest BCUT2D eigenvalue weighted by Gasteiger charge is 2.24. The van der Waals surface area contributed by atoms with E-state index >= 15 is 0 Å². The molecule has 5 nitrogen and oxygen atoms in total. The zero-order valence-electron chi connectivity index (χ0n) is 11.3. The summed E-state index contributed by atoms with van der Waals surface area (Å²) in [5, 5.41) is 13.6. The van der Waals surface area contributed by atoms with E-state index in [-0.39, 0.29) is 11.7 Å². The van der Waals surface area contributed by atoms with E-state index in [0.29, 0.717) is 29.2 Å². The van der Waals surface area contributed by atoms with E-state index in [1.807, 2.05) is 18.2 Å². The molecule has 1 fully saturated rings. The van der Waals surface area contributed by atoms with Crippen molar-refractivity contribution in [3.63, 3.8) is 0 Å². The van der Waals surface area contributed by atoms with Crippen molar-refractivity contribution < 1.29 is 5.11 Å². The minimum Gasteiger partial charge on any atom is -0.393 e. The van der Waals surface area contributed by atoms with Crippen molar-refractivity contribution >= 4 is 10.9 Å². The van der Waals surface area contributed by atoms with E-state index < -0.39 is 0 Å². The molecule has 1 saturated carbocycles. The normalized spacial score (nSPS) is 22.4. The zero-order valence-corrected chi connectivity index (χ0v) is 11.3. The lowest BCUT2D eigenvalue weighted by molar-refractivity contribution is 0.131. The molecular formula is C15H19N3O2. The molecule has 20 heavy (non-hydrogen) atoms. The van der Waals surface area contributed by atoms with E-state index in [0.717, 1.165) is 25.8 Å². The second-order valence-electron chi connectivity index (χ2n) is 5.42. The number of rotatable bonds is 4. The van der Waals surface area contributed by atoms with Crippen molar-refractivity contribution in [2.24, 2.45) is 5.92 Å². The van der Waals surface area contributed by atoms with Crippen molar-refractivity contribution in [3.05, 3.63) is 40.4 Å². The Morgan fingerprint density at radius 2 is 2.20 bits per heavy atom. The molecule has 0 radical (unpaired) electrons. The van der Waals surface area contributed by atoms with Crippen LogP contribution in [0.15, 0.2) is 29.1 Å². The highest BCUT2D eigenvalue weighted by atomic mass is 16.3. The number of nitrogens with zero attached hydrogens (tertiary/aromatic N) is 1. The molecular weight excluding hydrogens is 254 g/mol. The molecule has 2 unspecified atom stereocenters. The van der Waals surface area contributed by atoms with Gasteiger partial charge in [0.2, 0.25) is 0 Å². The Hall–Kier alpha value is -1.72. The number of aromatic amines is 1. The second kappa shape index (κ2) is 5.73. The van der Waals surface area contributed by atoms with E-state index in [2.05, 4.69) is 15.3 Å². The van der Waals surface area contributed by atoms with Crippen LogP contribution in [-0.4, -0.2) is 27.7 Å². The maximum Gasteiger partial charge on any atom is 0.258 e. The molecule has 0 amide bonds. The number of fused-ring (bicyclic) bond motifs is 1. The number of nitrogens with one attached hydrogen (secondary N) is 2. The van der Waals surface area contributed by atoms with Crippen LogP contribution >= 0.6 is 0 Å². The first-order valence-corrected chi connectivity index (χ1v) is 7.11. The summed E-state index contributed by atoms with van der Waals surface area (Å²) in [6, 6.07) is 7.32. The van der Waals surface area contributed by atoms with Gasteiger partial charge in [-0.25, -0.2) is 4.98 Å². The standard InChI is InChI=1S/C15H19N3O2/c19-13-7-3-4-10(13)8-16-9-14-17-12-6-2-1-5-11(12)15(20)18-14/h1-2,5-6,10,13,16,19H,3-4,7-9H2,(H,17,18,20). The van der Waals surface area contributed by atoms with Gasteiger partial charge in [-0.3, -0.25) is 4.79 Å². The van der Waals surface area contributed by atoms with Gasteiger partial charge in [-0.1, -0.05) is 18.6 Å². The summed E-state index contributed by atoms with van der Waals surface area (Å²) in [7, 11) is 0. The number of para-hydroxylation sites is 1. The molecule has 3 rings (SSSR count). The summed E-state index contributed by atoms with van der Waals surface area (Å²) in [6.07, 6.45) is 2.87. The van der Waals surface area contributed by atoms with Crippen LogP contribution in [0.3, 0.4) is 0 Å². The van der Waals surface area contributed by atoms with Crippen LogP contribution in [0.1, 0.15) is 25.1 Å². The third-order valence-corrected chi connectivity index (χ3v) is 3.98. The van der Waals surface area contributed by atoms with Crippen LogP contribution in [0, 0.1) is 5.92 Å². The molecule has 1 heterocycles. The summed E-state index contributed by atoms with van der Waals surface area (Å²) in [4.78, 5) is 19.1. The fraction of sp³-hybridized carbons (Fsp3) is 0.467. The van der Waals surface area contributed by atoms with Crippen molar-refractivity contribution in [2.45, 2.75) is 31.9 Å². The molecule has 1 aromatic carbocycles. The van der Waals surface area contributed by atoms with Crippen molar-refractivity contribution in [1.29, 1.82) is 0 Å². The third kappa shape index (κ3) is 2.73. The SMILES string of the molecule is O=c1[nH]c(CNCC2CCCC2O)nc2ccccc12. The second-order valence-corrected chi connectivity index (χ2v) is 5.42. The topological polar surface area (TPSA) is 78.0 Å². The van der Waals surface area contributed by atoms with Gasteiger partial charge < -0.3 is 15.4 Å². The van der Waals surface area contributed by atoms with Gasteiger partial charge >= 0.3 is 0 Å². The number of aromatic nitrogens is 2. The van der Waals surface area contributed by atoms with Gasteiger partial charge in [0, 0.05) is 6.54 Å². The average Bonchev–Trinajstić information content (AvgIpc) is 2.85. The molecule has 106 valence electrons. The minimum atomic E-state index is -0.189. The third-order valence-electron chi connectivity index (χ3n) is 3.98. The van der Waals surface area contributed by atoms with Gasteiger partial charge in [-0.2, -0.15) is 0 Å². The lowest BCUT2D eigenvalue weighted by Gasteiger charge is -2.14. The Bertz CT molecular complexity index is 653. The summed E-state index contributed by atoms with van der Waals surface area (Å²) >= 11 is 0. The molecule has 3 N–H and O–H groups in total. The Labute approximate surface area is 117 Å². The molecule has 1 aliphatic rings. The number of hydrogen-bond donors (Lipinski definition) is 3. The summed E-state index contributed by atoms with van der Waals surface area (Å²) in [6.45, 7) is 1.28. The molecule has 0 aliphatic heterocycles. The number of benzene rings is 1. The monoisotopic (exact) mass is 273 g/mol. The van der Waals surface area contributed by atoms with Gasteiger partial charge in [0.1, 0.15) is 5.82 Å². The Kier molecular flexibility index (Phi) is 3.80. The van der Waals surface area contributed by atoms with Gasteiger partial charge in [0.05, 0.1) is 23.6 Å². The van der Waals surface area contributed by atoms with Crippen LogP contribution in [0.5, 0.6) is 0 Å². The van der Waals surface area contributed by atoms with E-state index in [9.17, 15) is 9.90 Å². The number of aliphatic hydroxyl groups is 1. The lowest BCUT2D eigenvalue weighted by Crippen LogP contribution is -2.28. The largest absolute Gasteiger partial charge is 0.393 e. The quantitative estimate of drug-likeness (QED) is 0.781. The Morgan fingerprint density at radius 1 is 1.35 bits per heavy atom. The first-order chi connectivity index (χ1) is 9.74. The lowest BCUT2D eigenvalue weighted by atomic mass is 10.1. The van der Waals surface area contributed by atoms with Crippen LogP contribution in [0.4, 0.5) is 0 Å². The van der Waals surface area contributed by atoms with Crippen LogP contribution < -0.4 is 10.9 Å². The van der Waals surface area contributed by atoms with Gasteiger partial charge in [-0.15, -0.1) is 0 Å². The first-order valence-electron chi connectivity index (χ1n) is 7.11. The highest BCUT2D eigenvalue weighted by molar-refractivity contribution is 5.77. The molecule has 5 heteroatoms.